The van der Waals surface area contributed by atoms with Crippen LogP contribution in [0.3, 0.4) is 0 Å². The number of aryl methyl sites for hydroxylation is 1. The molecule has 0 fully saturated rings. The number of nitriles is 1. The summed E-state index contributed by atoms with van der Waals surface area (Å²) >= 11 is 0. The number of hydrogen-bond acceptors (Lipinski definition) is 7. The van der Waals surface area contributed by atoms with E-state index in [1.165, 1.54) is 7.11 Å². The minimum Gasteiger partial charge on any atom is -0.466 e. The van der Waals surface area contributed by atoms with Crippen LogP contribution in [-0.4, -0.2) is 28.3 Å². The average Bonchev–Trinajstić information content (AvgIpc) is 2.85. The molecule has 33 heavy (non-hydrogen) atoms. The molecule has 3 aromatic rings. The van der Waals surface area contributed by atoms with Crippen molar-refractivity contribution in [2.24, 2.45) is 0 Å². The summed E-state index contributed by atoms with van der Waals surface area (Å²) in [5.74, 6) is 0.370. The fraction of sp³-hybridized carbons (Fsp3) is 0.269. The van der Waals surface area contributed by atoms with Gasteiger partial charge in [0.15, 0.2) is 5.82 Å². The molecule has 1 N–H and O–H groups in total. The van der Waals surface area contributed by atoms with Crippen LogP contribution in [-0.2, 0) is 9.53 Å². The molecule has 0 bridgehead atoms. The number of rotatable bonds is 5. The fourth-order valence-corrected chi connectivity index (χ4v) is 4.13. The number of fused-ring (bicyclic) bond motifs is 1. The Balaban J connectivity index is 1.71. The van der Waals surface area contributed by atoms with E-state index in [0.29, 0.717) is 29.8 Å². The molecule has 7 heteroatoms. The van der Waals surface area contributed by atoms with Crippen LogP contribution in [0.4, 0.5) is 5.82 Å². The van der Waals surface area contributed by atoms with Gasteiger partial charge in [-0.3, -0.25) is 4.98 Å². The number of hydrogen-bond donors (Lipinski definition) is 1. The molecule has 0 radical (unpaired) electrons. The Labute approximate surface area is 192 Å². The molecule has 0 saturated heterocycles. The second-order valence-corrected chi connectivity index (χ2v) is 8.12. The van der Waals surface area contributed by atoms with Gasteiger partial charge in [0, 0.05) is 22.5 Å². The summed E-state index contributed by atoms with van der Waals surface area (Å²) in [5.41, 5.74) is 6.01. The highest BCUT2D eigenvalue weighted by Gasteiger charge is 2.18. The number of ether oxygens (including phenoxy) is 1. The molecule has 2 aromatic heterocycles. The van der Waals surface area contributed by atoms with Gasteiger partial charge in [0.25, 0.3) is 0 Å². The van der Waals surface area contributed by atoms with Gasteiger partial charge in [-0.2, -0.15) is 10.4 Å². The lowest BCUT2D eigenvalue weighted by Crippen LogP contribution is -2.12. The first-order chi connectivity index (χ1) is 15.9. The van der Waals surface area contributed by atoms with Crippen LogP contribution in [0.2, 0.25) is 0 Å². The molecule has 0 amide bonds. The van der Waals surface area contributed by atoms with Crippen molar-refractivity contribution in [2.45, 2.75) is 39.7 Å². The van der Waals surface area contributed by atoms with Crippen LogP contribution in [0.15, 0.2) is 48.2 Å². The maximum absolute atomic E-state index is 11.8. The predicted octanol–water partition coefficient (Wildman–Crippen LogP) is 4.96. The lowest BCUT2D eigenvalue weighted by molar-refractivity contribution is -0.136. The average molecular weight is 440 g/mol. The molecular formula is C26H25N5O2. The number of anilines is 1. The molecule has 0 unspecified atom stereocenters. The zero-order chi connectivity index (χ0) is 23.5. The third kappa shape index (κ3) is 4.33. The monoisotopic (exact) mass is 439 g/mol. The number of nitrogens with one attached hydrogen (secondary N) is 1. The Bertz CT molecular complexity index is 1350. The summed E-state index contributed by atoms with van der Waals surface area (Å²) < 4.78 is 4.82. The van der Waals surface area contributed by atoms with Crippen molar-refractivity contribution in [3.8, 4) is 6.07 Å². The van der Waals surface area contributed by atoms with Crippen LogP contribution >= 0.6 is 0 Å². The first-order valence-corrected chi connectivity index (χ1v) is 10.8. The summed E-state index contributed by atoms with van der Waals surface area (Å²) in [6.45, 7) is 5.91. The SMILES string of the molecule is COC(=O)C1=CC=C(c2cc3c(N[C@H](C)c4cccc(C#N)c4C)nnc(C)c3cn2)CC1. The van der Waals surface area contributed by atoms with Gasteiger partial charge in [-0.1, -0.05) is 24.3 Å². The van der Waals surface area contributed by atoms with E-state index in [0.717, 1.165) is 38.9 Å². The lowest BCUT2D eigenvalue weighted by atomic mass is 9.95. The van der Waals surface area contributed by atoms with Crippen molar-refractivity contribution >= 4 is 28.1 Å². The third-order valence-electron chi connectivity index (χ3n) is 6.09. The van der Waals surface area contributed by atoms with Gasteiger partial charge in [0.05, 0.1) is 36.2 Å². The molecule has 1 aromatic carbocycles. The zero-order valence-corrected chi connectivity index (χ0v) is 19.1. The summed E-state index contributed by atoms with van der Waals surface area (Å²) in [4.78, 5) is 16.4. The molecule has 166 valence electrons. The standard InChI is InChI=1S/C26H25N5O2/c1-15-20(13-27)6-5-7-21(15)16(2)29-25-22-12-24(28-14-23(22)17(3)30-31-25)18-8-10-19(11-9-18)26(32)33-4/h5-8,10,12,14,16H,9,11H2,1-4H3,(H,29,31)/t16-/m1/s1. The highest BCUT2D eigenvalue weighted by atomic mass is 16.5. The summed E-state index contributed by atoms with van der Waals surface area (Å²) in [6, 6.07) is 9.93. The number of pyridine rings is 1. The molecule has 0 saturated carbocycles. The largest absolute Gasteiger partial charge is 0.466 e. The molecule has 1 atom stereocenters. The molecule has 7 nitrogen and oxygen atoms in total. The number of methoxy groups -OCH3 is 1. The van der Waals surface area contributed by atoms with Crippen LogP contribution in [0.5, 0.6) is 0 Å². The number of esters is 1. The topological polar surface area (TPSA) is 101 Å². The molecular weight excluding hydrogens is 414 g/mol. The Morgan fingerprint density at radius 2 is 2.00 bits per heavy atom. The van der Waals surface area contributed by atoms with Gasteiger partial charge in [-0.15, -0.1) is 5.10 Å². The molecule has 0 spiro atoms. The summed E-state index contributed by atoms with van der Waals surface area (Å²) in [5, 5.41) is 23.4. The van der Waals surface area contributed by atoms with Gasteiger partial charge < -0.3 is 10.1 Å². The second kappa shape index (κ2) is 9.21. The van der Waals surface area contributed by atoms with E-state index in [4.69, 9.17) is 4.74 Å². The van der Waals surface area contributed by atoms with Crippen LogP contribution in [0, 0.1) is 25.2 Å². The van der Waals surface area contributed by atoms with Crippen LogP contribution < -0.4 is 5.32 Å². The normalized spacial score (nSPS) is 14.2. The minimum atomic E-state index is -0.293. The minimum absolute atomic E-state index is 0.0745. The number of benzene rings is 1. The van der Waals surface area contributed by atoms with Crippen molar-refractivity contribution in [1.29, 1.82) is 5.26 Å². The quantitative estimate of drug-likeness (QED) is 0.561. The van der Waals surface area contributed by atoms with E-state index in [-0.39, 0.29) is 12.0 Å². The molecule has 0 aliphatic heterocycles. The van der Waals surface area contributed by atoms with E-state index in [9.17, 15) is 10.1 Å². The smallest absolute Gasteiger partial charge is 0.333 e. The number of carbonyl (C=O) groups excluding carboxylic acids is 1. The Morgan fingerprint density at radius 1 is 1.18 bits per heavy atom. The van der Waals surface area contributed by atoms with E-state index < -0.39 is 0 Å². The van der Waals surface area contributed by atoms with Gasteiger partial charge in [0.1, 0.15) is 0 Å². The third-order valence-corrected chi connectivity index (χ3v) is 6.09. The fourth-order valence-electron chi connectivity index (χ4n) is 4.13. The van der Waals surface area contributed by atoms with Crippen LogP contribution in [0.25, 0.3) is 16.3 Å². The highest BCUT2D eigenvalue weighted by molar-refractivity contribution is 5.95. The van der Waals surface area contributed by atoms with E-state index in [2.05, 4.69) is 26.6 Å². The Morgan fingerprint density at radius 3 is 2.70 bits per heavy atom. The predicted molar refractivity (Wildman–Crippen MR) is 127 cm³/mol. The Kier molecular flexibility index (Phi) is 6.18. The van der Waals surface area contributed by atoms with E-state index >= 15 is 0 Å². The van der Waals surface area contributed by atoms with Crippen LogP contribution in [0.1, 0.15) is 53.9 Å². The maximum atomic E-state index is 11.8. The Hall–Kier alpha value is -4.05. The molecule has 2 heterocycles. The maximum Gasteiger partial charge on any atom is 0.333 e. The number of allylic oxidation sites excluding steroid dienone is 3. The number of nitrogens with zero attached hydrogens (tertiary/aromatic N) is 4. The van der Waals surface area contributed by atoms with Crippen molar-refractivity contribution < 1.29 is 9.53 Å². The van der Waals surface area contributed by atoms with Gasteiger partial charge >= 0.3 is 5.97 Å². The summed E-state index contributed by atoms with van der Waals surface area (Å²) in [7, 11) is 1.39. The van der Waals surface area contributed by atoms with Crippen molar-refractivity contribution in [1.82, 2.24) is 15.2 Å². The second-order valence-electron chi connectivity index (χ2n) is 8.12. The van der Waals surface area contributed by atoms with Crippen molar-refractivity contribution in [2.75, 3.05) is 12.4 Å². The lowest BCUT2D eigenvalue weighted by Gasteiger charge is -2.19. The van der Waals surface area contributed by atoms with Crippen molar-refractivity contribution in [3.63, 3.8) is 0 Å². The molecule has 1 aliphatic carbocycles. The van der Waals surface area contributed by atoms with E-state index in [1.807, 2.05) is 57.3 Å². The number of aromatic nitrogens is 3. The van der Waals surface area contributed by atoms with Gasteiger partial charge in [-0.05, 0) is 62.4 Å². The molecule has 4 rings (SSSR count). The van der Waals surface area contributed by atoms with Crippen molar-refractivity contribution in [3.05, 3.63) is 76.3 Å². The van der Waals surface area contributed by atoms with Gasteiger partial charge in [-0.25, -0.2) is 4.79 Å². The van der Waals surface area contributed by atoms with E-state index in [1.54, 1.807) is 6.08 Å². The van der Waals surface area contributed by atoms with Gasteiger partial charge in [0.2, 0.25) is 0 Å². The number of carbonyl (C=O) groups is 1. The highest BCUT2D eigenvalue weighted by Crippen LogP contribution is 2.32. The first-order valence-electron chi connectivity index (χ1n) is 10.8. The molecule has 1 aliphatic rings. The zero-order valence-electron chi connectivity index (χ0n) is 19.1. The summed E-state index contributed by atoms with van der Waals surface area (Å²) in [6.07, 6.45) is 6.88. The first kappa shape index (κ1) is 22.2.